The number of carboxylic acid groups (broad SMARTS) is 1. The maximum absolute atomic E-state index is 10.4. The van der Waals surface area contributed by atoms with Crippen LogP contribution in [-0.2, 0) is 9.59 Å². The summed E-state index contributed by atoms with van der Waals surface area (Å²) in [6, 6.07) is -1.32. The normalized spacial score (nSPS) is 11.7. The maximum Gasteiger partial charge on any atom is 0.335 e. The fourth-order valence-corrected chi connectivity index (χ4v) is 0.643. The Morgan fingerprint density at radius 3 is 3.00 bits per heavy atom. The van der Waals surface area contributed by atoms with Crippen LogP contribution >= 0.6 is 0 Å². The largest absolute Gasteiger partial charge is 0.479 e. The van der Waals surface area contributed by atoms with E-state index in [1.807, 2.05) is 0 Å². The van der Waals surface area contributed by atoms with Gasteiger partial charge in [-0.2, -0.15) is 20.4 Å². The molecule has 7 nitrogen and oxygen atoms in total. The topological polar surface area (TPSA) is 108 Å². The van der Waals surface area contributed by atoms with Crippen molar-refractivity contribution < 1.29 is 14.7 Å². The Balaban J connectivity index is 2.95. The number of nitrogens with one attached hydrogen (secondary N) is 1. The van der Waals surface area contributed by atoms with Crippen LogP contribution in [0.5, 0.6) is 0 Å². The quantitative estimate of drug-likeness (QED) is 0.456. The van der Waals surface area contributed by atoms with Crippen molar-refractivity contribution in [2.24, 2.45) is 4.99 Å². The van der Waals surface area contributed by atoms with E-state index in [9.17, 15) is 9.59 Å². The molecule has 0 saturated carbocycles. The predicted octanol–water partition coefficient (Wildman–Crippen LogP) is -0.734. The summed E-state index contributed by atoms with van der Waals surface area (Å²) in [4.78, 5) is 23.3. The minimum atomic E-state index is -1.32. The van der Waals surface area contributed by atoms with Crippen molar-refractivity contribution in [3.63, 3.8) is 0 Å². The van der Waals surface area contributed by atoms with Crippen molar-refractivity contribution in [3.05, 3.63) is 11.9 Å². The molecule has 0 aliphatic rings. The third-order valence-corrected chi connectivity index (χ3v) is 1.13. The minimum Gasteiger partial charge on any atom is -0.479 e. The first-order valence-corrected chi connectivity index (χ1v) is 2.91. The van der Waals surface area contributed by atoms with E-state index in [2.05, 4.69) is 20.4 Å². The third kappa shape index (κ3) is 1.53. The van der Waals surface area contributed by atoms with Gasteiger partial charge in [-0.1, -0.05) is 0 Å². The molecule has 0 aliphatic carbocycles. The van der Waals surface area contributed by atoms with Gasteiger partial charge in [0.15, 0.2) is 0 Å². The van der Waals surface area contributed by atoms with E-state index >= 15 is 0 Å². The zero-order valence-corrected chi connectivity index (χ0v) is 5.76. The molecule has 1 unspecified atom stereocenters. The number of aliphatic carboxylic acids is 1. The van der Waals surface area contributed by atoms with Crippen molar-refractivity contribution in [2.75, 3.05) is 0 Å². The summed E-state index contributed by atoms with van der Waals surface area (Å²) in [7, 11) is 0. The van der Waals surface area contributed by atoms with Crippen LogP contribution in [0.4, 0.5) is 0 Å². The summed E-state index contributed by atoms with van der Waals surface area (Å²) < 4.78 is 0. The second kappa shape index (κ2) is 3.40. The van der Waals surface area contributed by atoms with E-state index in [4.69, 9.17) is 5.11 Å². The van der Waals surface area contributed by atoms with Gasteiger partial charge in [0.2, 0.25) is 12.1 Å². The van der Waals surface area contributed by atoms with Crippen LogP contribution in [-0.4, -0.2) is 32.6 Å². The number of carbonyl (C=O) groups excluding carboxylic acids is 1. The van der Waals surface area contributed by atoms with Gasteiger partial charge in [-0.15, -0.1) is 0 Å². The van der Waals surface area contributed by atoms with Gasteiger partial charge in [0.25, 0.3) is 0 Å². The van der Waals surface area contributed by atoms with Crippen molar-refractivity contribution in [3.8, 4) is 0 Å². The van der Waals surface area contributed by atoms with Crippen LogP contribution < -0.4 is 0 Å². The molecule has 0 aliphatic heterocycles. The van der Waals surface area contributed by atoms with Crippen LogP contribution in [0.1, 0.15) is 11.7 Å². The summed E-state index contributed by atoms with van der Waals surface area (Å²) in [6.45, 7) is 0. The number of H-pyrrole nitrogens is 1. The number of carbonyl (C=O) groups is 1. The highest BCUT2D eigenvalue weighted by Crippen LogP contribution is 2.11. The summed E-state index contributed by atoms with van der Waals surface area (Å²) in [5.41, 5.74) is 0.0749. The first kappa shape index (κ1) is 8.09. The lowest BCUT2D eigenvalue weighted by atomic mass is 10.2. The molecule has 1 heterocycles. The second-order valence-corrected chi connectivity index (χ2v) is 1.86. The molecule has 0 saturated heterocycles. The average Bonchev–Trinajstić information content (AvgIpc) is 2.51. The number of aromatic amines is 1. The van der Waals surface area contributed by atoms with Crippen LogP contribution in [0.3, 0.4) is 0 Å². The van der Waals surface area contributed by atoms with Gasteiger partial charge < -0.3 is 5.11 Å². The molecule has 0 spiro atoms. The molecular weight excluding hydrogens is 164 g/mol. The Bertz CT molecular complexity index is 311. The molecule has 2 N–H and O–H groups in total. The van der Waals surface area contributed by atoms with Crippen molar-refractivity contribution in [1.82, 2.24) is 15.4 Å². The van der Waals surface area contributed by atoms with E-state index in [1.54, 1.807) is 0 Å². The molecule has 1 rings (SSSR count). The molecule has 0 aromatic carbocycles. The molecule has 1 aromatic rings. The number of isocyanates is 1. The van der Waals surface area contributed by atoms with Crippen LogP contribution in [0.2, 0.25) is 0 Å². The lowest BCUT2D eigenvalue weighted by molar-refractivity contribution is -0.138. The fraction of sp³-hybridized carbons (Fsp3) is 0.200. The lowest BCUT2D eigenvalue weighted by Gasteiger charge is -1.97. The Kier molecular flexibility index (Phi) is 2.29. The first-order valence-electron chi connectivity index (χ1n) is 2.91. The highest BCUT2D eigenvalue weighted by atomic mass is 16.4. The number of aliphatic imine (C=N–C) groups is 1. The second-order valence-electron chi connectivity index (χ2n) is 1.86. The number of aromatic nitrogens is 3. The van der Waals surface area contributed by atoms with E-state index in [-0.39, 0.29) is 5.69 Å². The predicted molar refractivity (Wildman–Crippen MR) is 34.9 cm³/mol. The molecule has 0 fully saturated rings. The fourth-order valence-electron chi connectivity index (χ4n) is 0.643. The standard InChI is InChI=1S/C5H4N4O3/c10-2-6-4(5(11)12)3-1-7-9-8-3/h1,4H,(H,11,12)(H,7,8,9). The summed E-state index contributed by atoms with van der Waals surface area (Å²) in [5.74, 6) is -1.27. The lowest BCUT2D eigenvalue weighted by Crippen LogP contribution is -2.09. The van der Waals surface area contributed by atoms with Gasteiger partial charge in [-0.25, -0.2) is 9.59 Å². The number of hydrogen-bond acceptors (Lipinski definition) is 5. The van der Waals surface area contributed by atoms with Crippen LogP contribution in [0, 0.1) is 0 Å². The highest BCUT2D eigenvalue weighted by Gasteiger charge is 2.21. The summed E-state index contributed by atoms with van der Waals surface area (Å²) in [6.07, 6.45) is 2.33. The van der Waals surface area contributed by atoms with E-state index in [0.717, 1.165) is 6.08 Å². The third-order valence-electron chi connectivity index (χ3n) is 1.13. The number of hydrogen-bond donors (Lipinski definition) is 2. The van der Waals surface area contributed by atoms with Crippen molar-refractivity contribution in [2.45, 2.75) is 6.04 Å². The molecule has 0 radical (unpaired) electrons. The molecule has 62 valence electrons. The molecule has 12 heavy (non-hydrogen) atoms. The molecule has 1 atom stereocenters. The van der Waals surface area contributed by atoms with Gasteiger partial charge in [-0.3, -0.25) is 0 Å². The SMILES string of the molecule is O=C=NC(C(=O)O)c1cn[nH]n1. The molecule has 0 bridgehead atoms. The van der Waals surface area contributed by atoms with Gasteiger partial charge >= 0.3 is 5.97 Å². The molecule has 1 aromatic heterocycles. The Morgan fingerprint density at radius 2 is 2.58 bits per heavy atom. The van der Waals surface area contributed by atoms with Crippen LogP contribution in [0.25, 0.3) is 0 Å². The van der Waals surface area contributed by atoms with Crippen LogP contribution in [0.15, 0.2) is 11.2 Å². The zero-order valence-electron chi connectivity index (χ0n) is 5.76. The van der Waals surface area contributed by atoms with Crippen molar-refractivity contribution >= 4 is 12.0 Å². The van der Waals surface area contributed by atoms with Crippen molar-refractivity contribution in [1.29, 1.82) is 0 Å². The van der Waals surface area contributed by atoms with E-state index in [1.165, 1.54) is 6.20 Å². The Hall–Kier alpha value is -2.01. The smallest absolute Gasteiger partial charge is 0.335 e. The number of carboxylic acids is 1. The van der Waals surface area contributed by atoms with E-state index < -0.39 is 12.0 Å². The van der Waals surface area contributed by atoms with Gasteiger partial charge in [0, 0.05) is 0 Å². The average molecular weight is 168 g/mol. The Morgan fingerprint density at radius 1 is 1.83 bits per heavy atom. The number of nitrogens with zero attached hydrogens (tertiary/aromatic N) is 3. The van der Waals surface area contributed by atoms with E-state index in [0.29, 0.717) is 0 Å². The highest BCUT2D eigenvalue weighted by molar-refractivity contribution is 5.75. The molecular formula is C5H4N4O3. The van der Waals surface area contributed by atoms with Gasteiger partial charge in [0.1, 0.15) is 5.69 Å². The minimum absolute atomic E-state index is 0.0749. The number of rotatable bonds is 3. The summed E-state index contributed by atoms with van der Waals surface area (Å²) in [5, 5.41) is 17.6. The molecule has 0 amide bonds. The first-order chi connectivity index (χ1) is 5.75. The molecule has 7 heteroatoms. The Labute approximate surface area is 66.1 Å². The zero-order chi connectivity index (χ0) is 8.97. The monoisotopic (exact) mass is 168 g/mol. The van der Waals surface area contributed by atoms with Gasteiger partial charge in [0.05, 0.1) is 6.20 Å². The maximum atomic E-state index is 10.4. The summed E-state index contributed by atoms with van der Waals surface area (Å²) >= 11 is 0. The van der Waals surface area contributed by atoms with Gasteiger partial charge in [-0.05, 0) is 0 Å².